The van der Waals surface area contributed by atoms with Crippen molar-refractivity contribution >= 4 is 39.5 Å². The number of hydrogen-bond donors (Lipinski definition) is 1. The Labute approximate surface area is 192 Å². The Balaban J connectivity index is 2.04. The summed E-state index contributed by atoms with van der Waals surface area (Å²) in [5, 5.41) is 2.96. The zero-order valence-electron chi connectivity index (χ0n) is 18.0. The van der Waals surface area contributed by atoms with E-state index in [0.717, 1.165) is 34.2 Å². The third-order valence-electron chi connectivity index (χ3n) is 5.01. The zero-order chi connectivity index (χ0) is 21.9. The summed E-state index contributed by atoms with van der Waals surface area (Å²) in [4.78, 5) is 27.5. The van der Waals surface area contributed by atoms with Crippen LogP contribution in [0.15, 0.2) is 53.0 Å². The first-order valence-corrected chi connectivity index (χ1v) is 12.3. The van der Waals surface area contributed by atoms with Crippen LogP contribution in [-0.2, 0) is 21.9 Å². The number of carbonyl (C=O) groups is 2. The number of thioether (sulfide) groups is 1. The average Bonchev–Trinajstić information content (AvgIpc) is 2.74. The molecule has 0 aliphatic heterocycles. The summed E-state index contributed by atoms with van der Waals surface area (Å²) in [7, 11) is 0. The molecule has 0 aromatic heterocycles. The van der Waals surface area contributed by atoms with Crippen molar-refractivity contribution in [3.8, 4) is 0 Å². The van der Waals surface area contributed by atoms with Gasteiger partial charge in [-0.2, -0.15) is 0 Å². The molecule has 0 saturated carbocycles. The third-order valence-corrected chi connectivity index (χ3v) is 6.52. The van der Waals surface area contributed by atoms with Crippen LogP contribution in [0.5, 0.6) is 0 Å². The number of benzene rings is 2. The minimum atomic E-state index is -0.512. The minimum Gasteiger partial charge on any atom is -0.354 e. The quantitative estimate of drug-likeness (QED) is 0.433. The number of halogens is 1. The van der Waals surface area contributed by atoms with Crippen molar-refractivity contribution in [2.45, 2.75) is 52.0 Å². The summed E-state index contributed by atoms with van der Waals surface area (Å²) in [5.41, 5.74) is 3.36. The van der Waals surface area contributed by atoms with Crippen molar-refractivity contribution in [3.05, 3.63) is 69.7 Å². The van der Waals surface area contributed by atoms with Gasteiger partial charge in [0.25, 0.3) is 0 Å². The van der Waals surface area contributed by atoms with E-state index >= 15 is 0 Å². The Morgan fingerprint density at radius 3 is 2.50 bits per heavy atom. The summed E-state index contributed by atoms with van der Waals surface area (Å²) >= 11 is 5.02. The van der Waals surface area contributed by atoms with Crippen LogP contribution in [-0.4, -0.2) is 35.1 Å². The second kappa shape index (κ2) is 12.8. The van der Waals surface area contributed by atoms with Gasteiger partial charge in [0, 0.05) is 23.3 Å². The van der Waals surface area contributed by atoms with Crippen LogP contribution in [0.4, 0.5) is 0 Å². The van der Waals surface area contributed by atoms with Crippen LogP contribution >= 0.6 is 27.7 Å². The zero-order valence-corrected chi connectivity index (χ0v) is 20.4. The first kappa shape index (κ1) is 24.5. The van der Waals surface area contributed by atoms with Gasteiger partial charge < -0.3 is 10.2 Å². The van der Waals surface area contributed by atoms with Gasteiger partial charge in [-0.25, -0.2) is 0 Å². The monoisotopic (exact) mass is 490 g/mol. The first-order chi connectivity index (χ1) is 14.4. The highest BCUT2D eigenvalue weighted by molar-refractivity contribution is 9.10. The van der Waals surface area contributed by atoms with Crippen LogP contribution in [0.2, 0.25) is 0 Å². The normalized spacial score (nSPS) is 11.7. The van der Waals surface area contributed by atoms with Gasteiger partial charge in [0.05, 0.1) is 5.75 Å². The molecule has 0 heterocycles. The van der Waals surface area contributed by atoms with E-state index in [-0.39, 0.29) is 11.8 Å². The standard InChI is InChI=1S/C24H31BrN2O2S/c1-4-5-14-26-24(29)19(3)27(15-21-9-7-6-8-18(21)2)23(28)17-30-16-20-10-12-22(25)13-11-20/h6-13,19H,4-5,14-17H2,1-3H3,(H,26,29). The molecule has 30 heavy (non-hydrogen) atoms. The van der Waals surface area contributed by atoms with Crippen LogP contribution < -0.4 is 5.32 Å². The highest BCUT2D eigenvalue weighted by Crippen LogP contribution is 2.19. The maximum absolute atomic E-state index is 13.1. The molecule has 0 aliphatic rings. The molecular weight excluding hydrogens is 460 g/mol. The third kappa shape index (κ3) is 7.80. The summed E-state index contributed by atoms with van der Waals surface area (Å²) in [6.45, 7) is 7.02. The lowest BCUT2D eigenvalue weighted by molar-refractivity contribution is -0.138. The number of rotatable bonds is 11. The maximum Gasteiger partial charge on any atom is 0.242 e. The fourth-order valence-electron chi connectivity index (χ4n) is 3.01. The summed E-state index contributed by atoms with van der Waals surface area (Å²) in [6.07, 6.45) is 1.96. The molecule has 0 spiro atoms. The largest absolute Gasteiger partial charge is 0.354 e. The van der Waals surface area contributed by atoms with E-state index in [4.69, 9.17) is 0 Å². The van der Waals surface area contributed by atoms with Gasteiger partial charge in [-0.05, 0) is 49.1 Å². The molecule has 2 amide bonds. The van der Waals surface area contributed by atoms with Crippen molar-refractivity contribution < 1.29 is 9.59 Å². The molecule has 6 heteroatoms. The number of hydrogen-bond acceptors (Lipinski definition) is 3. The fraction of sp³-hybridized carbons (Fsp3) is 0.417. The molecule has 162 valence electrons. The number of aryl methyl sites for hydroxylation is 1. The summed E-state index contributed by atoms with van der Waals surface area (Å²) in [5.74, 6) is 0.991. The molecule has 0 fully saturated rings. The Kier molecular flexibility index (Phi) is 10.4. The number of carbonyl (C=O) groups excluding carboxylic acids is 2. The van der Waals surface area contributed by atoms with Crippen LogP contribution in [0.25, 0.3) is 0 Å². The van der Waals surface area contributed by atoms with Gasteiger partial charge in [0.1, 0.15) is 6.04 Å². The molecule has 1 atom stereocenters. The predicted octanol–water partition coefficient (Wildman–Crippen LogP) is 5.32. The van der Waals surface area contributed by atoms with Gasteiger partial charge in [-0.3, -0.25) is 9.59 Å². The molecule has 2 aromatic rings. The van der Waals surface area contributed by atoms with E-state index in [9.17, 15) is 9.59 Å². The molecular formula is C24H31BrN2O2S. The van der Waals surface area contributed by atoms with Crippen molar-refractivity contribution in [3.63, 3.8) is 0 Å². The minimum absolute atomic E-state index is 0.0153. The van der Waals surface area contributed by atoms with E-state index in [1.807, 2.05) is 50.2 Å². The van der Waals surface area contributed by atoms with Gasteiger partial charge in [0.15, 0.2) is 0 Å². The van der Waals surface area contributed by atoms with Crippen molar-refractivity contribution in [2.24, 2.45) is 0 Å². The van der Waals surface area contributed by atoms with Crippen LogP contribution in [0.1, 0.15) is 43.4 Å². The number of amides is 2. The molecule has 0 bridgehead atoms. The van der Waals surface area contributed by atoms with Crippen molar-refractivity contribution in [2.75, 3.05) is 12.3 Å². The van der Waals surface area contributed by atoms with E-state index in [0.29, 0.717) is 18.8 Å². The van der Waals surface area contributed by atoms with Gasteiger partial charge in [-0.15, -0.1) is 11.8 Å². The predicted molar refractivity (Wildman–Crippen MR) is 129 cm³/mol. The number of nitrogens with one attached hydrogen (secondary N) is 1. The van der Waals surface area contributed by atoms with E-state index in [1.165, 1.54) is 5.56 Å². The van der Waals surface area contributed by atoms with Crippen LogP contribution in [0, 0.1) is 6.92 Å². The molecule has 2 rings (SSSR count). The topological polar surface area (TPSA) is 49.4 Å². The SMILES string of the molecule is CCCCNC(=O)C(C)N(Cc1ccccc1C)C(=O)CSCc1ccc(Br)cc1. The van der Waals surface area contributed by atoms with Crippen molar-refractivity contribution in [1.29, 1.82) is 0 Å². The number of nitrogens with zero attached hydrogens (tertiary/aromatic N) is 1. The lowest BCUT2D eigenvalue weighted by Crippen LogP contribution is -2.48. The molecule has 2 aromatic carbocycles. The Morgan fingerprint density at radius 1 is 1.13 bits per heavy atom. The second-order valence-corrected chi connectivity index (χ2v) is 9.29. The van der Waals surface area contributed by atoms with E-state index in [2.05, 4.69) is 40.3 Å². The molecule has 0 radical (unpaired) electrons. The highest BCUT2D eigenvalue weighted by atomic mass is 79.9. The smallest absolute Gasteiger partial charge is 0.242 e. The van der Waals surface area contributed by atoms with Gasteiger partial charge >= 0.3 is 0 Å². The Hall–Kier alpha value is -1.79. The lowest BCUT2D eigenvalue weighted by Gasteiger charge is -2.29. The first-order valence-electron chi connectivity index (χ1n) is 10.4. The average molecular weight is 491 g/mol. The Bertz CT molecular complexity index is 826. The van der Waals surface area contributed by atoms with E-state index < -0.39 is 6.04 Å². The molecule has 1 unspecified atom stereocenters. The van der Waals surface area contributed by atoms with Gasteiger partial charge in [0.2, 0.25) is 11.8 Å². The molecule has 1 N–H and O–H groups in total. The van der Waals surface area contributed by atoms with Crippen LogP contribution in [0.3, 0.4) is 0 Å². The molecule has 4 nitrogen and oxygen atoms in total. The second-order valence-electron chi connectivity index (χ2n) is 7.39. The lowest BCUT2D eigenvalue weighted by atomic mass is 10.1. The molecule has 0 saturated heterocycles. The highest BCUT2D eigenvalue weighted by Gasteiger charge is 2.26. The Morgan fingerprint density at radius 2 is 1.83 bits per heavy atom. The van der Waals surface area contributed by atoms with Gasteiger partial charge in [-0.1, -0.05) is 65.7 Å². The summed E-state index contributed by atoms with van der Waals surface area (Å²) < 4.78 is 1.04. The fourth-order valence-corrected chi connectivity index (χ4v) is 4.14. The van der Waals surface area contributed by atoms with Crippen molar-refractivity contribution in [1.82, 2.24) is 10.2 Å². The molecule has 0 aliphatic carbocycles. The maximum atomic E-state index is 13.1. The van der Waals surface area contributed by atoms with E-state index in [1.54, 1.807) is 16.7 Å². The number of unbranched alkanes of at least 4 members (excludes halogenated alkanes) is 1. The summed E-state index contributed by atoms with van der Waals surface area (Å²) in [6, 6.07) is 15.6.